The van der Waals surface area contributed by atoms with E-state index in [0.29, 0.717) is 25.1 Å². The Hall–Kier alpha value is -3.08. The van der Waals surface area contributed by atoms with Gasteiger partial charge in [0.05, 0.1) is 5.69 Å². The van der Waals surface area contributed by atoms with Crippen LogP contribution in [0.15, 0.2) is 54.9 Å². The number of para-hydroxylation sites is 1. The highest BCUT2D eigenvalue weighted by molar-refractivity contribution is 5.82. The molecule has 2 aromatic carbocycles. The minimum Gasteiger partial charge on any atom is -0.479 e. The molecule has 1 aliphatic heterocycles. The van der Waals surface area contributed by atoms with Gasteiger partial charge in [0.1, 0.15) is 5.75 Å². The van der Waals surface area contributed by atoms with Crippen LogP contribution in [-0.2, 0) is 17.8 Å². The Labute approximate surface area is 145 Å². The SMILES string of the molecule is O=C(O)[C@@H]1CCc2cccc(NCc3ccc4ccncc4c3)c2O1. The number of anilines is 1. The Kier molecular flexibility index (Phi) is 3.98. The molecule has 0 aliphatic carbocycles. The van der Waals surface area contributed by atoms with Crippen molar-refractivity contribution in [3.05, 3.63) is 66.0 Å². The maximum atomic E-state index is 11.2. The third kappa shape index (κ3) is 3.13. The van der Waals surface area contributed by atoms with E-state index in [0.717, 1.165) is 27.6 Å². The van der Waals surface area contributed by atoms with E-state index in [4.69, 9.17) is 4.74 Å². The summed E-state index contributed by atoms with van der Waals surface area (Å²) < 4.78 is 5.71. The van der Waals surface area contributed by atoms with Gasteiger partial charge in [0.15, 0.2) is 6.10 Å². The molecule has 0 bridgehead atoms. The van der Waals surface area contributed by atoms with Gasteiger partial charge in [-0.05, 0) is 47.6 Å². The van der Waals surface area contributed by atoms with Crippen LogP contribution >= 0.6 is 0 Å². The number of hydrogen-bond donors (Lipinski definition) is 2. The van der Waals surface area contributed by atoms with Crippen molar-refractivity contribution in [2.75, 3.05) is 5.32 Å². The fraction of sp³-hybridized carbons (Fsp3) is 0.200. The molecule has 0 saturated carbocycles. The number of rotatable bonds is 4. The van der Waals surface area contributed by atoms with Gasteiger partial charge >= 0.3 is 5.97 Å². The van der Waals surface area contributed by atoms with Crippen LogP contribution < -0.4 is 10.1 Å². The molecular weight excluding hydrogens is 316 g/mol. The average molecular weight is 334 g/mol. The van der Waals surface area contributed by atoms with Crippen LogP contribution in [0, 0.1) is 0 Å². The van der Waals surface area contributed by atoms with Gasteiger partial charge in [0.2, 0.25) is 0 Å². The van der Waals surface area contributed by atoms with Crippen molar-refractivity contribution in [2.45, 2.75) is 25.5 Å². The molecule has 2 N–H and O–H groups in total. The van der Waals surface area contributed by atoms with Crippen molar-refractivity contribution in [1.29, 1.82) is 0 Å². The first-order valence-electron chi connectivity index (χ1n) is 8.28. The molecule has 0 radical (unpaired) electrons. The largest absolute Gasteiger partial charge is 0.479 e. The predicted molar refractivity (Wildman–Crippen MR) is 95.9 cm³/mol. The Morgan fingerprint density at radius 2 is 2.16 bits per heavy atom. The number of aromatic nitrogens is 1. The average Bonchev–Trinajstić information content (AvgIpc) is 2.65. The summed E-state index contributed by atoms with van der Waals surface area (Å²) >= 11 is 0. The molecule has 1 aliphatic rings. The van der Waals surface area contributed by atoms with E-state index in [-0.39, 0.29) is 0 Å². The number of aliphatic carboxylic acids is 1. The lowest BCUT2D eigenvalue weighted by Gasteiger charge is -2.25. The summed E-state index contributed by atoms with van der Waals surface area (Å²) in [5.74, 6) is -0.258. The Bertz CT molecular complexity index is 939. The molecule has 0 unspecified atom stereocenters. The highest BCUT2D eigenvalue weighted by Gasteiger charge is 2.27. The third-order valence-electron chi connectivity index (χ3n) is 4.50. The molecule has 0 saturated heterocycles. The zero-order chi connectivity index (χ0) is 17.2. The molecule has 0 fully saturated rings. The Morgan fingerprint density at radius 1 is 1.24 bits per heavy atom. The molecule has 126 valence electrons. The van der Waals surface area contributed by atoms with Crippen molar-refractivity contribution in [3.8, 4) is 5.75 Å². The molecule has 1 aromatic heterocycles. The maximum absolute atomic E-state index is 11.2. The number of fused-ring (bicyclic) bond motifs is 2. The molecule has 2 heterocycles. The maximum Gasteiger partial charge on any atom is 0.344 e. The minimum atomic E-state index is -0.914. The van der Waals surface area contributed by atoms with Gasteiger partial charge in [-0.15, -0.1) is 0 Å². The minimum absolute atomic E-state index is 0.503. The first-order chi connectivity index (χ1) is 12.2. The summed E-state index contributed by atoms with van der Waals surface area (Å²) in [4.78, 5) is 15.4. The lowest BCUT2D eigenvalue weighted by molar-refractivity contribution is -0.145. The van der Waals surface area contributed by atoms with Crippen molar-refractivity contribution in [1.82, 2.24) is 4.98 Å². The van der Waals surface area contributed by atoms with Crippen molar-refractivity contribution in [3.63, 3.8) is 0 Å². The molecule has 0 spiro atoms. The van der Waals surface area contributed by atoms with Gasteiger partial charge in [-0.25, -0.2) is 4.79 Å². The van der Waals surface area contributed by atoms with Gasteiger partial charge in [0, 0.05) is 24.3 Å². The van der Waals surface area contributed by atoms with Crippen LogP contribution in [0.1, 0.15) is 17.5 Å². The molecule has 0 amide bonds. The number of nitrogens with one attached hydrogen (secondary N) is 1. The van der Waals surface area contributed by atoms with E-state index in [1.54, 1.807) is 6.20 Å². The monoisotopic (exact) mass is 334 g/mol. The number of nitrogens with zero attached hydrogens (tertiary/aromatic N) is 1. The van der Waals surface area contributed by atoms with E-state index in [1.165, 1.54) is 0 Å². The van der Waals surface area contributed by atoms with E-state index in [1.807, 2.05) is 30.5 Å². The molecule has 25 heavy (non-hydrogen) atoms. The quantitative estimate of drug-likeness (QED) is 0.762. The number of pyridine rings is 1. The standard InChI is InChI=1S/C20H18N2O3/c23-20(24)18-7-6-15-2-1-3-17(19(15)25-18)22-11-13-4-5-14-8-9-21-12-16(14)10-13/h1-5,8-10,12,18,22H,6-7,11H2,(H,23,24)/t18-/m0/s1. The summed E-state index contributed by atoms with van der Waals surface area (Å²) in [5, 5.41) is 14.8. The summed E-state index contributed by atoms with van der Waals surface area (Å²) in [5.41, 5.74) is 3.00. The van der Waals surface area contributed by atoms with Crippen LogP contribution in [0.5, 0.6) is 5.75 Å². The van der Waals surface area contributed by atoms with Crippen molar-refractivity contribution >= 4 is 22.4 Å². The van der Waals surface area contributed by atoms with Crippen LogP contribution in [0.4, 0.5) is 5.69 Å². The first kappa shape index (κ1) is 15.4. The number of aryl methyl sites for hydroxylation is 1. The van der Waals surface area contributed by atoms with E-state index < -0.39 is 12.1 Å². The van der Waals surface area contributed by atoms with E-state index in [9.17, 15) is 9.90 Å². The number of carboxylic acid groups (broad SMARTS) is 1. The summed E-state index contributed by atoms with van der Waals surface area (Å²) in [6, 6.07) is 14.1. The van der Waals surface area contributed by atoms with Crippen LogP contribution in [0.25, 0.3) is 10.8 Å². The summed E-state index contributed by atoms with van der Waals surface area (Å²) in [6.07, 6.45) is 4.07. The van der Waals surface area contributed by atoms with Crippen LogP contribution in [0.3, 0.4) is 0 Å². The Morgan fingerprint density at radius 3 is 3.04 bits per heavy atom. The van der Waals surface area contributed by atoms with E-state index >= 15 is 0 Å². The van der Waals surface area contributed by atoms with Crippen LogP contribution in [-0.4, -0.2) is 22.2 Å². The summed E-state index contributed by atoms with van der Waals surface area (Å²) in [6.45, 7) is 0.627. The number of hydrogen-bond acceptors (Lipinski definition) is 4. The smallest absolute Gasteiger partial charge is 0.344 e. The highest BCUT2D eigenvalue weighted by Crippen LogP contribution is 2.35. The van der Waals surface area contributed by atoms with Gasteiger partial charge in [-0.3, -0.25) is 4.98 Å². The number of carboxylic acids is 1. The van der Waals surface area contributed by atoms with Gasteiger partial charge in [0.25, 0.3) is 0 Å². The third-order valence-corrected chi connectivity index (χ3v) is 4.50. The second-order valence-electron chi connectivity index (χ2n) is 6.19. The molecular formula is C20H18N2O3. The normalized spacial score (nSPS) is 16.1. The number of benzene rings is 2. The van der Waals surface area contributed by atoms with Gasteiger partial charge < -0.3 is 15.2 Å². The zero-order valence-electron chi connectivity index (χ0n) is 13.6. The first-order valence-corrected chi connectivity index (χ1v) is 8.28. The van der Waals surface area contributed by atoms with Gasteiger partial charge in [-0.2, -0.15) is 0 Å². The lowest BCUT2D eigenvalue weighted by atomic mass is 10.0. The van der Waals surface area contributed by atoms with Crippen LogP contribution in [0.2, 0.25) is 0 Å². The zero-order valence-corrected chi connectivity index (χ0v) is 13.6. The molecule has 3 aromatic rings. The Balaban J connectivity index is 1.55. The van der Waals surface area contributed by atoms with Crippen molar-refractivity contribution in [2.24, 2.45) is 0 Å². The second kappa shape index (κ2) is 6.43. The number of ether oxygens (including phenoxy) is 1. The number of carbonyl (C=O) groups is 1. The molecule has 4 rings (SSSR count). The van der Waals surface area contributed by atoms with Crippen molar-refractivity contribution < 1.29 is 14.6 Å². The molecule has 5 nitrogen and oxygen atoms in total. The fourth-order valence-corrected chi connectivity index (χ4v) is 3.16. The lowest BCUT2D eigenvalue weighted by Crippen LogP contribution is -2.31. The predicted octanol–water partition coefficient (Wildman–Crippen LogP) is 3.63. The van der Waals surface area contributed by atoms with Gasteiger partial charge in [-0.1, -0.05) is 24.3 Å². The molecule has 1 atom stereocenters. The summed E-state index contributed by atoms with van der Waals surface area (Å²) in [7, 11) is 0. The highest BCUT2D eigenvalue weighted by atomic mass is 16.5. The topological polar surface area (TPSA) is 71.5 Å². The molecule has 5 heteroatoms. The van der Waals surface area contributed by atoms with E-state index in [2.05, 4.69) is 28.5 Å². The fourth-order valence-electron chi connectivity index (χ4n) is 3.16. The second-order valence-corrected chi connectivity index (χ2v) is 6.19.